The molecule has 42 nitrogen and oxygen atoms in total. The van der Waals surface area contributed by atoms with Crippen LogP contribution in [0.25, 0.3) is 6.08 Å². The minimum atomic E-state index is -2.35. The molecule has 5 aliphatic heterocycles. The van der Waals surface area contributed by atoms with Gasteiger partial charge < -0.3 is 143 Å². The van der Waals surface area contributed by atoms with Crippen molar-refractivity contribution in [2.45, 2.75) is 204 Å². The number of benzene rings is 5. The van der Waals surface area contributed by atoms with Gasteiger partial charge in [0.1, 0.15) is 65.5 Å². The van der Waals surface area contributed by atoms with Gasteiger partial charge in [0.2, 0.25) is 11.6 Å². The second kappa shape index (κ2) is 48.3. The quantitative estimate of drug-likeness (QED) is 0.00572. The van der Waals surface area contributed by atoms with Crippen LogP contribution in [0.3, 0.4) is 0 Å². The summed E-state index contributed by atoms with van der Waals surface area (Å²) in [5.41, 5.74) is 15.0. The molecule has 6 bridgehead atoms. The number of ketones is 4. The van der Waals surface area contributed by atoms with E-state index in [2.05, 4.69) is 34.4 Å². The summed E-state index contributed by atoms with van der Waals surface area (Å²) in [6.45, 7) is 11.3. The average molecular weight is 2040 g/mol. The smallest absolute Gasteiger partial charge is 0.427 e. The van der Waals surface area contributed by atoms with Crippen LogP contribution in [-0.2, 0) is 93.7 Å². The SMILES string of the molecule is CCc1c2[nH]c(c1CC)CC1N=C(C=Nc3cc(OCCOCCOCCOC)c(OCCOCCOCCOC)cc3N=CC3=N/C(=C\2)C(CCCOC(=O)N/N=C(/CO)C2(O)Cc4c(O)c5c(c(O)c4C(O[C@@H]4C[C@H](N)[C@H](O)[C@H](C)O4)C2)C(=O)c2c(OC)cccc2C5=O)=C3C)C(C)=C1CCCOC(=O)CN=C(CO)C1(O)Cc2c(O)c3c(c(O)c2C(O[C@H]2C[C@@H](N)[C@@H](O)[C@@H](C)O2)C1)C(=O)c1c(OC)cccc1C3=O. The van der Waals surface area contributed by atoms with Crippen molar-refractivity contribution in [3.63, 3.8) is 0 Å². The highest BCUT2D eigenvalue weighted by Crippen LogP contribution is 2.56. The number of methoxy groups -OCH3 is 4. The predicted octanol–water partition coefficient (Wildman–Crippen LogP) is 7.69. The highest BCUT2D eigenvalue weighted by molar-refractivity contribution is 6.41. The van der Waals surface area contributed by atoms with E-state index in [0.29, 0.717) is 93.8 Å². The number of aliphatic imine (C=N–C) groups is 5. The molecule has 1 amide bonds. The maximum absolute atomic E-state index is 14.5. The number of H-pyrrole nitrogens is 1. The molecule has 0 saturated carbocycles. The summed E-state index contributed by atoms with van der Waals surface area (Å²) in [6.07, 6.45) is -5.15. The molecule has 42 heteroatoms. The number of aliphatic hydroxyl groups excluding tert-OH is 4. The van der Waals surface area contributed by atoms with E-state index in [4.69, 9.17) is 107 Å². The number of nitrogens with two attached hydrogens (primary N) is 2. The van der Waals surface area contributed by atoms with Crippen LogP contribution in [0.4, 0.5) is 16.2 Å². The van der Waals surface area contributed by atoms with Crippen LogP contribution >= 0.6 is 0 Å². The molecule has 9 aliphatic rings. The third-order valence-corrected chi connectivity index (χ3v) is 27.9. The van der Waals surface area contributed by atoms with Gasteiger partial charge in [-0.3, -0.25) is 43.9 Å². The van der Waals surface area contributed by atoms with E-state index in [1.807, 2.05) is 19.9 Å². The zero-order valence-corrected chi connectivity index (χ0v) is 83.7. The van der Waals surface area contributed by atoms with E-state index < -0.39 is 210 Å². The Bertz CT molecular complexity index is 6250. The van der Waals surface area contributed by atoms with E-state index in [9.17, 15) is 79.8 Å². The number of fused-ring (bicyclic) bond motifs is 11. The number of allylic oxidation sites excluding steroid dienone is 3. The Morgan fingerprint density at radius 3 is 1.52 bits per heavy atom. The number of aromatic nitrogens is 1. The van der Waals surface area contributed by atoms with Crippen molar-refractivity contribution in [1.29, 1.82) is 0 Å². The molecule has 15 rings (SSSR count). The molecule has 790 valence electrons. The first-order chi connectivity index (χ1) is 70.8. The normalized spacial score (nSPS) is 24.0. The topological polar surface area (TPSA) is 606 Å². The molecule has 2 saturated heterocycles. The number of rotatable bonds is 43. The third-order valence-electron chi connectivity index (χ3n) is 27.9. The number of phenolic OH excluding ortho intramolecular Hbond substituents is 4. The minimum Gasteiger partial charge on any atom is -0.507 e. The van der Waals surface area contributed by atoms with E-state index in [0.717, 1.165) is 44.8 Å². The van der Waals surface area contributed by atoms with Gasteiger partial charge in [0, 0.05) is 128 Å². The van der Waals surface area contributed by atoms with E-state index in [1.165, 1.54) is 50.6 Å². The van der Waals surface area contributed by atoms with Gasteiger partial charge in [0.25, 0.3) is 0 Å². The lowest BCUT2D eigenvalue weighted by molar-refractivity contribution is -0.246. The molecule has 6 aromatic rings. The maximum atomic E-state index is 14.5. The maximum Gasteiger partial charge on any atom is 0.427 e. The van der Waals surface area contributed by atoms with Gasteiger partial charge in [-0.05, 0) is 118 Å². The molecule has 2 fully saturated rings. The number of esters is 1. The number of carbonyl (C=O) groups excluding carboxylic acids is 6. The number of amides is 1. The molecule has 0 radical (unpaired) electrons. The molecule has 0 spiro atoms. The monoisotopic (exact) mass is 2040 g/mol. The highest BCUT2D eigenvalue weighted by atomic mass is 16.7. The number of nitrogens with one attached hydrogen (secondary N) is 2. The minimum absolute atomic E-state index is 0.0284. The number of ether oxygens (including phenoxy) is 16. The number of carbonyl (C=O) groups is 6. The Labute approximate surface area is 847 Å². The van der Waals surface area contributed by atoms with Crippen LogP contribution in [0.15, 0.2) is 107 Å². The number of hydrogen-bond acceptors (Lipinski definition) is 40. The van der Waals surface area contributed by atoms with Crippen LogP contribution in [-0.4, -0.2) is 334 Å². The number of aromatic hydroxyl groups is 4. The third kappa shape index (κ3) is 23.3. The molecule has 147 heavy (non-hydrogen) atoms. The van der Waals surface area contributed by atoms with Crippen LogP contribution < -0.4 is 35.8 Å². The van der Waals surface area contributed by atoms with Crippen molar-refractivity contribution < 1.29 is 156 Å². The first kappa shape index (κ1) is 109. The van der Waals surface area contributed by atoms with Crippen molar-refractivity contribution >= 4 is 87.9 Å². The van der Waals surface area contributed by atoms with Crippen molar-refractivity contribution in [1.82, 2.24) is 10.4 Å². The van der Waals surface area contributed by atoms with Crippen molar-refractivity contribution in [2.75, 3.05) is 141 Å². The number of aliphatic hydroxyl groups is 6. The predicted molar refractivity (Wildman–Crippen MR) is 533 cm³/mol. The standard InChI is InChI=1S/C105H128N10O32/c1-11-56-57(12-2)67-40-69-59(20-16-24-143-103(129)115-114-81(51-117)105(131)44-63-88(79(46-105)147-84-38-65(107)94(120)55(6)145-84)102(128)92-90(98(63)124)96(122)61-18-14-22-75(135-10)86(61)100(92)126)53(4)73(113-69)48-109-71-42-77(141-36-34-139-32-30-137-28-26-133-8)76(140-35-33-138-31-29-136-27-25-132-7)41-70(71)108-47-72-52(3)58(68(112-72)39-66(56)111-67)19-15-23-142-82(118)49-110-80(50-116)104(130)43-62-87(78(45-104)146-83-37-64(106)93(119)54(5)144-83)101(127)91-89(97(62)123)95(121)60-17-13-21-74(134-9)85(60)99(91)125/h13-14,17-18,21-22,40-42,47-48,54-55,64-65,68,78-79,83-84,93-94,111,116-117,119-120,123-124,127-128,130-131H,11-12,15-16,19-20,23-39,43-46,49-51,106-107H2,1-10H3,(H,115,129)/b69-40-,108-47?,109-48?,110-80?,114-81-/t54-,55+,64-,65+,68?,78?,79?,83+,84-,93+,94-,104?,105?/m1/s1. The van der Waals surface area contributed by atoms with Crippen LogP contribution in [0, 0.1) is 0 Å². The average Bonchev–Trinajstić information content (AvgIpc) is 1.21. The number of hydrogen-bond donors (Lipinski definition) is 14. The van der Waals surface area contributed by atoms with Gasteiger partial charge in [-0.15, -0.1) is 0 Å². The number of nitrogens with zero attached hydrogens (tertiary/aromatic N) is 6. The van der Waals surface area contributed by atoms with Gasteiger partial charge in [0.05, 0.1) is 235 Å². The molecule has 5 unspecified atom stereocenters. The van der Waals surface area contributed by atoms with Crippen LogP contribution in [0.2, 0.25) is 0 Å². The summed E-state index contributed by atoms with van der Waals surface area (Å²) >= 11 is 0. The summed E-state index contributed by atoms with van der Waals surface area (Å²) < 4.78 is 93.7. The summed E-state index contributed by atoms with van der Waals surface area (Å²) in [5.74, 6) is -6.61. The van der Waals surface area contributed by atoms with Gasteiger partial charge >= 0.3 is 12.1 Å². The lowest BCUT2D eigenvalue weighted by Crippen LogP contribution is -2.53. The van der Waals surface area contributed by atoms with E-state index in [-0.39, 0.29) is 158 Å². The second-order valence-electron chi connectivity index (χ2n) is 37.1. The molecule has 13 atom stereocenters. The molecule has 16 N–H and O–H groups in total. The number of aromatic amines is 1. The zero-order valence-electron chi connectivity index (χ0n) is 83.7. The number of hydrazone groups is 1. The van der Waals surface area contributed by atoms with Crippen LogP contribution in [0.1, 0.15) is 214 Å². The fourth-order valence-corrected chi connectivity index (χ4v) is 20.4. The summed E-state index contributed by atoms with van der Waals surface area (Å²) in [5, 5.41) is 123. The lowest BCUT2D eigenvalue weighted by Gasteiger charge is -2.43. The molecular weight excluding hydrogens is 1910 g/mol. The first-order valence-electron chi connectivity index (χ1n) is 49.2. The van der Waals surface area contributed by atoms with Gasteiger partial charge in [-0.2, -0.15) is 5.10 Å². The fourth-order valence-electron chi connectivity index (χ4n) is 20.4. The van der Waals surface area contributed by atoms with Gasteiger partial charge in [0.15, 0.2) is 35.6 Å². The summed E-state index contributed by atoms with van der Waals surface area (Å²) in [6, 6.07) is 9.79. The second-order valence-corrected chi connectivity index (χ2v) is 37.1. The van der Waals surface area contributed by atoms with Crippen molar-refractivity contribution in [2.24, 2.45) is 41.5 Å². The Hall–Kier alpha value is -12.3. The van der Waals surface area contributed by atoms with Crippen LogP contribution in [0.5, 0.6) is 46.0 Å². The molecule has 6 heterocycles. The Morgan fingerprint density at radius 2 is 1.03 bits per heavy atom. The molecule has 5 aromatic carbocycles. The first-order valence-corrected chi connectivity index (χ1v) is 49.2. The molecular formula is C105H128N10O32. The van der Waals surface area contributed by atoms with Gasteiger partial charge in [-0.1, -0.05) is 38.1 Å². The Kier molecular flexibility index (Phi) is 35.8. The highest BCUT2D eigenvalue weighted by Gasteiger charge is 2.53. The van der Waals surface area contributed by atoms with E-state index in [1.54, 1.807) is 52.6 Å². The lowest BCUT2D eigenvalue weighted by atomic mass is 9.71. The molecule has 4 aliphatic carbocycles. The van der Waals surface area contributed by atoms with Crippen molar-refractivity contribution in [3.8, 4) is 46.0 Å². The molecule has 1 aromatic heterocycles. The summed E-state index contributed by atoms with van der Waals surface area (Å²) in [4.78, 5) is 115. The van der Waals surface area contributed by atoms with Crippen molar-refractivity contribution in [3.05, 3.63) is 166 Å². The summed E-state index contributed by atoms with van der Waals surface area (Å²) in [7, 11) is 5.78. The van der Waals surface area contributed by atoms with Gasteiger partial charge in [-0.25, -0.2) is 15.2 Å². The Morgan fingerprint density at radius 1 is 0.565 bits per heavy atom. The largest absolute Gasteiger partial charge is 0.507 e. The van der Waals surface area contributed by atoms with E-state index >= 15 is 0 Å². The zero-order chi connectivity index (χ0) is 105. The Balaban J connectivity index is 0.695. The fraction of sp³-hybridized carbons (Fsp3) is 0.505. The number of phenols is 4.